The lowest BCUT2D eigenvalue weighted by molar-refractivity contribution is -0.139. The van der Waals surface area contributed by atoms with E-state index in [9.17, 15) is 9.18 Å². The molecule has 25 heavy (non-hydrogen) atoms. The maximum atomic E-state index is 13.8. The summed E-state index contributed by atoms with van der Waals surface area (Å²) in [5, 5.41) is 0. The number of nitrogens with zero attached hydrogens (tertiary/aromatic N) is 2. The van der Waals surface area contributed by atoms with Crippen LogP contribution in [0.4, 0.5) is 4.39 Å². The fourth-order valence-corrected chi connectivity index (χ4v) is 4.97. The molecule has 2 saturated carbocycles. The Hall–Kier alpha value is -1.62. The van der Waals surface area contributed by atoms with E-state index in [0.29, 0.717) is 17.7 Å². The minimum atomic E-state index is -0.315. The first-order valence-electron chi connectivity index (χ1n) is 9.47. The van der Waals surface area contributed by atoms with Gasteiger partial charge in [0.1, 0.15) is 0 Å². The fraction of sp³-hybridized carbons (Fsp3) is 0.650. The van der Waals surface area contributed by atoms with Crippen molar-refractivity contribution < 1.29 is 13.9 Å². The van der Waals surface area contributed by atoms with E-state index in [1.807, 2.05) is 6.07 Å². The largest absolute Gasteiger partial charge is 0.494 e. The van der Waals surface area contributed by atoms with E-state index in [-0.39, 0.29) is 11.6 Å². The number of amides is 1. The molecular weight excluding hydrogens is 319 g/mol. The van der Waals surface area contributed by atoms with Crippen LogP contribution in [0.1, 0.15) is 31.2 Å². The van der Waals surface area contributed by atoms with E-state index in [1.165, 1.54) is 26.4 Å². The second-order valence-corrected chi connectivity index (χ2v) is 7.85. The highest BCUT2D eigenvalue weighted by atomic mass is 19.1. The van der Waals surface area contributed by atoms with Gasteiger partial charge >= 0.3 is 0 Å². The predicted molar refractivity (Wildman–Crippen MR) is 93.7 cm³/mol. The highest BCUT2D eigenvalue weighted by Crippen LogP contribution is 2.48. The highest BCUT2D eigenvalue weighted by Gasteiger charge is 2.44. The van der Waals surface area contributed by atoms with Gasteiger partial charge in [-0.15, -0.1) is 0 Å². The monoisotopic (exact) mass is 346 g/mol. The first-order valence-corrected chi connectivity index (χ1v) is 9.47. The molecule has 1 aliphatic heterocycles. The Labute approximate surface area is 148 Å². The topological polar surface area (TPSA) is 32.8 Å². The van der Waals surface area contributed by atoms with E-state index in [2.05, 4.69) is 9.80 Å². The Bertz CT molecular complexity index is 643. The molecule has 3 unspecified atom stereocenters. The second kappa shape index (κ2) is 6.94. The first-order chi connectivity index (χ1) is 12.1. The molecule has 1 heterocycles. The second-order valence-electron chi connectivity index (χ2n) is 7.85. The van der Waals surface area contributed by atoms with Gasteiger partial charge in [-0.3, -0.25) is 9.69 Å². The van der Waals surface area contributed by atoms with Crippen LogP contribution in [0.5, 0.6) is 5.75 Å². The van der Waals surface area contributed by atoms with Crippen LogP contribution in [0.3, 0.4) is 0 Å². The third-order valence-electron chi connectivity index (χ3n) is 6.36. The number of carbonyl (C=O) groups excluding carboxylic acids is 1. The van der Waals surface area contributed by atoms with Gasteiger partial charge in [-0.1, -0.05) is 12.5 Å². The van der Waals surface area contributed by atoms with Gasteiger partial charge in [0.25, 0.3) is 0 Å². The summed E-state index contributed by atoms with van der Waals surface area (Å²) >= 11 is 0. The van der Waals surface area contributed by atoms with E-state index < -0.39 is 0 Å². The number of piperazine rings is 1. The number of rotatable bonds is 4. The molecule has 5 heteroatoms. The minimum Gasteiger partial charge on any atom is -0.494 e. The summed E-state index contributed by atoms with van der Waals surface area (Å²) in [5.41, 5.74) is 0.950. The molecular formula is C20H27FN2O2. The third-order valence-corrected chi connectivity index (χ3v) is 6.36. The fourth-order valence-electron chi connectivity index (χ4n) is 4.97. The van der Waals surface area contributed by atoms with Crippen molar-refractivity contribution in [2.24, 2.45) is 17.8 Å². The number of hydrogen-bond donors (Lipinski definition) is 0. The number of methoxy groups -OCH3 is 1. The number of carbonyl (C=O) groups is 1. The van der Waals surface area contributed by atoms with Crippen LogP contribution in [0, 0.1) is 23.6 Å². The Balaban J connectivity index is 1.29. The van der Waals surface area contributed by atoms with Crippen molar-refractivity contribution in [1.29, 1.82) is 0 Å². The van der Waals surface area contributed by atoms with E-state index >= 15 is 0 Å². The molecule has 4 nitrogen and oxygen atoms in total. The molecule has 2 bridgehead atoms. The summed E-state index contributed by atoms with van der Waals surface area (Å²) in [4.78, 5) is 17.2. The van der Waals surface area contributed by atoms with Crippen molar-refractivity contribution in [3.05, 3.63) is 29.6 Å². The van der Waals surface area contributed by atoms with Crippen molar-refractivity contribution in [1.82, 2.24) is 9.80 Å². The molecule has 1 saturated heterocycles. The van der Waals surface area contributed by atoms with Gasteiger partial charge in [-0.05, 0) is 48.8 Å². The van der Waals surface area contributed by atoms with Crippen LogP contribution < -0.4 is 4.74 Å². The molecule has 3 atom stereocenters. The molecule has 2 aliphatic carbocycles. The quantitative estimate of drug-likeness (QED) is 0.840. The Morgan fingerprint density at radius 1 is 1.20 bits per heavy atom. The molecule has 0 N–H and O–H groups in total. The van der Waals surface area contributed by atoms with Crippen LogP contribution in [0.15, 0.2) is 18.2 Å². The summed E-state index contributed by atoms with van der Waals surface area (Å²) in [5.74, 6) is 2.11. The number of halogens is 1. The molecule has 3 aliphatic rings. The number of fused-ring (bicyclic) bond motifs is 2. The molecule has 1 aromatic rings. The van der Waals surface area contributed by atoms with E-state index in [1.54, 1.807) is 12.1 Å². The average Bonchev–Trinajstić information content (AvgIpc) is 3.25. The van der Waals surface area contributed by atoms with Gasteiger partial charge in [0.15, 0.2) is 11.6 Å². The molecule has 4 rings (SSSR count). The van der Waals surface area contributed by atoms with Crippen molar-refractivity contribution in [3.63, 3.8) is 0 Å². The van der Waals surface area contributed by atoms with Crippen molar-refractivity contribution in [3.8, 4) is 5.75 Å². The summed E-state index contributed by atoms with van der Waals surface area (Å²) in [6, 6.07) is 5.14. The summed E-state index contributed by atoms with van der Waals surface area (Å²) in [6.07, 6.45) is 4.99. The Kier molecular flexibility index (Phi) is 4.67. The summed E-state index contributed by atoms with van der Waals surface area (Å²) in [6.45, 7) is 4.04. The number of ether oxygens (including phenoxy) is 1. The standard InChI is InChI=1S/C20H27FN2O2/c1-25-19-5-3-15(12-18(19)21)13-22-6-8-23(9-7-22)20(24)17-11-14-2-4-16(17)10-14/h3,5,12,14,16-17H,2,4,6-11,13H2,1H3. The zero-order chi connectivity index (χ0) is 17.4. The first kappa shape index (κ1) is 16.8. The molecule has 0 aromatic heterocycles. The SMILES string of the molecule is COc1ccc(CN2CCN(C(=O)C3CC4CCC3C4)CC2)cc1F. The normalized spacial score (nSPS) is 29.2. The van der Waals surface area contributed by atoms with Crippen LogP contribution in [-0.4, -0.2) is 49.0 Å². The lowest BCUT2D eigenvalue weighted by atomic mass is 9.87. The van der Waals surface area contributed by atoms with Crippen LogP contribution >= 0.6 is 0 Å². The zero-order valence-corrected chi connectivity index (χ0v) is 14.9. The highest BCUT2D eigenvalue weighted by molar-refractivity contribution is 5.79. The summed E-state index contributed by atoms with van der Waals surface area (Å²) in [7, 11) is 1.48. The predicted octanol–water partition coefficient (Wildman–Crippen LogP) is 2.91. The van der Waals surface area contributed by atoms with Crippen molar-refractivity contribution >= 4 is 5.91 Å². The van der Waals surface area contributed by atoms with Gasteiger partial charge in [0.05, 0.1) is 7.11 Å². The molecule has 1 aromatic carbocycles. The Morgan fingerprint density at radius 2 is 2.00 bits per heavy atom. The van der Waals surface area contributed by atoms with Crippen LogP contribution in [0.2, 0.25) is 0 Å². The molecule has 0 radical (unpaired) electrons. The van der Waals surface area contributed by atoms with Crippen molar-refractivity contribution in [2.75, 3.05) is 33.3 Å². The van der Waals surface area contributed by atoms with Gasteiger partial charge in [-0.25, -0.2) is 4.39 Å². The lowest BCUT2D eigenvalue weighted by Crippen LogP contribution is -2.50. The zero-order valence-electron chi connectivity index (χ0n) is 14.9. The molecule has 3 fully saturated rings. The summed E-state index contributed by atoms with van der Waals surface area (Å²) < 4.78 is 18.8. The van der Waals surface area contributed by atoms with Crippen LogP contribution in [0.25, 0.3) is 0 Å². The third kappa shape index (κ3) is 3.39. The Morgan fingerprint density at radius 3 is 2.60 bits per heavy atom. The lowest BCUT2D eigenvalue weighted by Gasteiger charge is -2.37. The maximum Gasteiger partial charge on any atom is 0.226 e. The molecule has 1 amide bonds. The van der Waals surface area contributed by atoms with Gasteiger partial charge in [0.2, 0.25) is 5.91 Å². The van der Waals surface area contributed by atoms with Crippen LogP contribution in [-0.2, 0) is 11.3 Å². The van der Waals surface area contributed by atoms with Gasteiger partial charge < -0.3 is 9.64 Å². The number of hydrogen-bond acceptors (Lipinski definition) is 3. The smallest absolute Gasteiger partial charge is 0.226 e. The maximum absolute atomic E-state index is 13.8. The average molecular weight is 346 g/mol. The van der Waals surface area contributed by atoms with Gasteiger partial charge in [-0.2, -0.15) is 0 Å². The minimum absolute atomic E-state index is 0.282. The van der Waals surface area contributed by atoms with E-state index in [0.717, 1.165) is 50.6 Å². The molecule has 0 spiro atoms. The van der Waals surface area contributed by atoms with Gasteiger partial charge in [0, 0.05) is 38.6 Å². The van der Waals surface area contributed by atoms with E-state index in [4.69, 9.17) is 4.74 Å². The number of benzene rings is 1. The molecule has 136 valence electrons. The van der Waals surface area contributed by atoms with Crippen molar-refractivity contribution in [2.45, 2.75) is 32.2 Å².